The molecule has 0 amide bonds. The molecule has 0 radical (unpaired) electrons. The molecule has 21 heavy (non-hydrogen) atoms. The van der Waals surface area contributed by atoms with Gasteiger partial charge in [-0.25, -0.2) is 13.1 Å². The third-order valence-corrected chi connectivity index (χ3v) is 6.42. The highest BCUT2D eigenvalue weighted by atomic mass is 79.9. The number of likely N-dealkylation sites (tertiary alicyclic amines) is 1. The molecule has 0 saturated carbocycles. The minimum Gasteiger partial charge on any atom is -0.326 e. The van der Waals surface area contributed by atoms with Gasteiger partial charge in [0.1, 0.15) is 0 Å². The molecule has 1 aliphatic heterocycles. The van der Waals surface area contributed by atoms with Gasteiger partial charge in [-0.2, -0.15) is 0 Å². The Morgan fingerprint density at radius 3 is 2.81 bits per heavy atom. The van der Waals surface area contributed by atoms with Crippen molar-refractivity contribution in [2.24, 2.45) is 11.7 Å². The average molecular weight is 376 g/mol. The van der Waals surface area contributed by atoms with Crippen molar-refractivity contribution in [3.63, 3.8) is 0 Å². The van der Waals surface area contributed by atoms with Crippen LogP contribution >= 0.6 is 15.9 Å². The monoisotopic (exact) mass is 375 g/mol. The van der Waals surface area contributed by atoms with E-state index in [0.717, 1.165) is 25.1 Å². The van der Waals surface area contributed by atoms with Crippen LogP contribution in [0.25, 0.3) is 0 Å². The van der Waals surface area contributed by atoms with Crippen LogP contribution in [0.2, 0.25) is 0 Å². The lowest BCUT2D eigenvalue weighted by Gasteiger charge is -2.35. The quantitative estimate of drug-likeness (QED) is 0.836. The Hall–Kier alpha value is -0.470. The number of hydrogen-bond donors (Lipinski definition) is 2. The zero-order valence-electron chi connectivity index (χ0n) is 12.3. The van der Waals surface area contributed by atoms with Crippen molar-refractivity contribution in [2.45, 2.75) is 30.8 Å². The standard InChI is InChI=1S/C14H22BrN3O2S/c1-10-9-18(2)6-5-13(10)17-21(19,20)14-7-11(8-16)3-4-12(14)15/h3-4,7,10,13,17H,5-6,8-9,16H2,1-2H3. The van der Waals surface area contributed by atoms with E-state index in [4.69, 9.17) is 5.73 Å². The largest absolute Gasteiger partial charge is 0.326 e. The molecule has 7 heteroatoms. The SMILES string of the molecule is CC1CN(C)CCC1NS(=O)(=O)c1cc(CN)ccc1Br. The second kappa shape index (κ2) is 6.75. The topological polar surface area (TPSA) is 75.4 Å². The van der Waals surface area contributed by atoms with E-state index in [1.807, 2.05) is 6.07 Å². The fourth-order valence-corrected chi connectivity index (χ4v) is 5.07. The first-order valence-electron chi connectivity index (χ1n) is 7.03. The number of nitrogens with two attached hydrogens (primary N) is 1. The highest BCUT2D eigenvalue weighted by Gasteiger charge is 2.29. The fraction of sp³-hybridized carbons (Fsp3) is 0.571. The smallest absolute Gasteiger partial charge is 0.241 e. The summed E-state index contributed by atoms with van der Waals surface area (Å²) in [4.78, 5) is 2.48. The molecule has 0 aromatic heterocycles. The van der Waals surface area contributed by atoms with Crippen molar-refractivity contribution in [3.05, 3.63) is 28.2 Å². The number of nitrogens with one attached hydrogen (secondary N) is 1. The Labute approximate surface area is 135 Å². The molecule has 118 valence electrons. The van der Waals surface area contributed by atoms with Gasteiger partial charge in [-0.3, -0.25) is 0 Å². The van der Waals surface area contributed by atoms with Gasteiger partial charge in [0.05, 0.1) is 4.90 Å². The molecular weight excluding hydrogens is 354 g/mol. The Kier molecular flexibility index (Phi) is 5.43. The van der Waals surface area contributed by atoms with Crippen LogP contribution in [0.15, 0.2) is 27.6 Å². The molecule has 5 nitrogen and oxygen atoms in total. The molecule has 1 aromatic carbocycles. The van der Waals surface area contributed by atoms with Gasteiger partial charge in [0.25, 0.3) is 0 Å². The highest BCUT2D eigenvalue weighted by Crippen LogP contribution is 2.25. The van der Waals surface area contributed by atoms with E-state index in [1.165, 1.54) is 0 Å². The maximum Gasteiger partial charge on any atom is 0.241 e. The summed E-state index contributed by atoms with van der Waals surface area (Å²) >= 11 is 3.32. The summed E-state index contributed by atoms with van der Waals surface area (Å²) in [6.07, 6.45) is 0.824. The van der Waals surface area contributed by atoms with E-state index in [9.17, 15) is 8.42 Å². The van der Waals surface area contributed by atoms with Crippen molar-refractivity contribution in [1.29, 1.82) is 0 Å². The Morgan fingerprint density at radius 2 is 2.19 bits per heavy atom. The maximum absolute atomic E-state index is 12.6. The van der Waals surface area contributed by atoms with Crippen LogP contribution in [0.5, 0.6) is 0 Å². The first-order valence-corrected chi connectivity index (χ1v) is 9.30. The zero-order chi connectivity index (χ0) is 15.6. The third kappa shape index (κ3) is 4.04. The average Bonchev–Trinajstić information content (AvgIpc) is 2.42. The van der Waals surface area contributed by atoms with Gasteiger partial charge in [0, 0.05) is 23.6 Å². The van der Waals surface area contributed by atoms with Crippen molar-refractivity contribution in [2.75, 3.05) is 20.1 Å². The number of piperidine rings is 1. The van der Waals surface area contributed by atoms with Crippen molar-refractivity contribution < 1.29 is 8.42 Å². The van der Waals surface area contributed by atoms with Crippen molar-refractivity contribution in [1.82, 2.24) is 9.62 Å². The van der Waals surface area contributed by atoms with Gasteiger partial charge in [-0.05, 0) is 59.6 Å². The second-order valence-electron chi connectivity index (χ2n) is 5.72. The molecular formula is C14H22BrN3O2S. The first-order chi connectivity index (χ1) is 9.83. The lowest BCUT2D eigenvalue weighted by Crippen LogP contribution is -2.48. The molecule has 2 atom stereocenters. The number of rotatable bonds is 4. The van der Waals surface area contributed by atoms with E-state index < -0.39 is 10.0 Å². The number of benzene rings is 1. The van der Waals surface area contributed by atoms with E-state index >= 15 is 0 Å². The molecule has 1 aliphatic rings. The summed E-state index contributed by atoms with van der Waals surface area (Å²) in [6, 6.07) is 5.15. The van der Waals surface area contributed by atoms with Crippen LogP contribution in [0.4, 0.5) is 0 Å². The predicted octanol–water partition coefficient (Wildman–Crippen LogP) is 1.53. The molecule has 1 fully saturated rings. The number of halogens is 1. The normalized spacial score (nSPS) is 24.2. The van der Waals surface area contributed by atoms with Gasteiger partial charge >= 0.3 is 0 Å². The van der Waals surface area contributed by atoms with Gasteiger partial charge in [-0.15, -0.1) is 0 Å². The fourth-order valence-electron chi connectivity index (χ4n) is 2.67. The first kappa shape index (κ1) is 16.9. The number of sulfonamides is 1. The third-order valence-electron chi connectivity index (χ3n) is 3.94. The van der Waals surface area contributed by atoms with E-state index in [0.29, 0.717) is 11.0 Å². The lowest BCUT2D eigenvalue weighted by molar-refractivity contribution is 0.188. The molecule has 0 bridgehead atoms. The van der Waals surface area contributed by atoms with Crippen molar-refractivity contribution >= 4 is 26.0 Å². The molecule has 2 unspecified atom stereocenters. The summed E-state index contributed by atoms with van der Waals surface area (Å²) < 4.78 is 28.7. The van der Waals surface area contributed by atoms with Gasteiger partial charge < -0.3 is 10.6 Å². The summed E-state index contributed by atoms with van der Waals surface area (Å²) in [5, 5.41) is 0. The molecule has 3 N–H and O–H groups in total. The van der Waals surface area contributed by atoms with E-state index in [2.05, 4.69) is 39.5 Å². The molecule has 0 aliphatic carbocycles. The van der Waals surface area contributed by atoms with Gasteiger partial charge in [0.15, 0.2) is 0 Å². The zero-order valence-corrected chi connectivity index (χ0v) is 14.7. The second-order valence-corrected chi connectivity index (χ2v) is 8.26. The Balaban J connectivity index is 2.22. The highest BCUT2D eigenvalue weighted by molar-refractivity contribution is 9.10. The minimum atomic E-state index is -3.54. The Morgan fingerprint density at radius 1 is 1.48 bits per heavy atom. The van der Waals surface area contributed by atoms with Crippen LogP contribution < -0.4 is 10.5 Å². The van der Waals surface area contributed by atoms with Crippen LogP contribution in [-0.4, -0.2) is 39.5 Å². The molecule has 0 spiro atoms. The molecule has 1 heterocycles. The lowest BCUT2D eigenvalue weighted by atomic mass is 9.95. The molecule has 1 aromatic rings. The summed E-state index contributed by atoms with van der Waals surface area (Å²) in [5.41, 5.74) is 6.40. The Bertz CT molecular complexity index is 606. The van der Waals surface area contributed by atoms with E-state index in [1.54, 1.807) is 12.1 Å². The minimum absolute atomic E-state index is 0.0281. The summed E-state index contributed by atoms with van der Waals surface area (Å²) in [5.74, 6) is 0.287. The van der Waals surface area contributed by atoms with Crippen molar-refractivity contribution in [3.8, 4) is 0 Å². The summed E-state index contributed by atoms with van der Waals surface area (Å²) in [6.45, 7) is 4.20. The van der Waals surface area contributed by atoms with Crippen LogP contribution in [0, 0.1) is 5.92 Å². The van der Waals surface area contributed by atoms with Crippen LogP contribution in [-0.2, 0) is 16.6 Å². The summed E-state index contributed by atoms with van der Waals surface area (Å²) in [7, 11) is -1.49. The number of nitrogens with zero attached hydrogens (tertiary/aromatic N) is 1. The predicted molar refractivity (Wildman–Crippen MR) is 87.4 cm³/mol. The van der Waals surface area contributed by atoms with Gasteiger partial charge in [-0.1, -0.05) is 13.0 Å². The molecule has 1 saturated heterocycles. The maximum atomic E-state index is 12.6. The van der Waals surface area contributed by atoms with Crippen LogP contribution in [0.1, 0.15) is 18.9 Å². The van der Waals surface area contributed by atoms with Gasteiger partial charge in [0.2, 0.25) is 10.0 Å². The number of hydrogen-bond acceptors (Lipinski definition) is 4. The van der Waals surface area contributed by atoms with Crippen LogP contribution in [0.3, 0.4) is 0 Å². The molecule has 2 rings (SSSR count). The van der Waals surface area contributed by atoms with E-state index in [-0.39, 0.29) is 16.9 Å².